The van der Waals surface area contributed by atoms with Crippen LogP contribution in [0.1, 0.15) is 26.3 Å². The second kappa shape index (κ2) is 5.58. The summed E-state index contributed by atoms with van der Waals surface area (Å²) >= 11 is 0. The summed E-state index contributed by atoms with van der Waals surface area (Å²) in [4.78, 5) is 0. The summed E-state index contributed by atoms with van der Waals surface area (Å²) in [5, 5.41) is 6.63. The van der Waals surface area contributed by atoms with Crippen LogP contribution >= 0.6 is 0 Å². The van der Waals surface area contributed by atoms with E-state index in [1.807, 2.05) is 0 Å². The Bertz CT molecular complexity index is 1780. The number of benzene rings is 4. The summed E-state index contributed by atoms with van der Waals surface area (Å²) in [6.07, 6.45) is 2.16. The number of nitrogens with zero attached hydrogens (tertiary/aromatic N) is 2. The van der Waals surface area contributed by atoms with Crippen LogP contribution in [-0.4, -0.2) is 4.40 Å². The number of imidazole rings is 1. The van der Waals surface area contributed by atoms with Crippen molar-refractivity contribution in [3.63, 3.8) is 0 Å². The lowest BCUT2D eigenvalue weighted by Gasteiger charge is -2.44. The van der Waals surface area contributed by atoms with Gasteiger partial charge in [-0.15, -0.1) is 0 Å². The first kappa shape index (κ1) is 18.0. The topological polar surface area (TPSA) is 8.29 Å². The monoisotopic (exact) mass is 413 g/mol. The van der Waals surface area contributed by atoms with E-state index in [4.69, 9.17) is 0 Å². The molecule has 0 aliphatic carbocycles. The fraction of sp³-hybridized carbons (Fsp3) is 0.167. The number of fused-ring (bicyclic) bond motifs is 8. The van der Waals surface area contributed by atoms with E-state index in [0.717, 1.165) is 0 Å². The van der Waals surface area contributed by atoms with Gasteiger partial charge in [0, 0.05) is 16.2 Å². The lowest BCUT2D eigenvalue weighted by molar-refractivity contribution is -0.713. The number of aromatic nitrogens is 2. The van der Waals surface area contributed by atoms with Crippen molar-refractivity contribution < 1.29 is 4.57 Å². The molecule has 1 unspecified atom stereocenters. The third-order valence-electron chi connectivity index (χ3n) is 8.25. The lowest BCUT2D eigenvalue weighted by Crippen LogP contribution is -2.64. The predicted molar refractivity (Wildman–Crippen MR) is 134 cm³/mol. The second-order valence-electron chi connectivity index (χ2n) is 9.87. The summed E-state index contributed by atoms with van der Waals surface area (Å²) in [5.41, 5.74) is 5.96. The number of rotatable bonds is 1. The quantitative estimate of drug-likeness (QED) is 0.118. The molecule has 0 N–H and O–H groups in total. The number of allylic oxidation sites excluding steroid dienone is 1. The molecule has 0 bridgehead atoms. The second-order valence-corrected chi connectivity index (χ2v) is 9.87. The van der Waals surface area contributed by atoms with Crippen LogP contribution in [0.2, 0.25) is 0 Å². The Morgan fingerprint density at radius 3 is 2.22 bits per heavy atom. The van der Waals surface area contributed by atoms with Gasteiger partial charge in [0.15, 0.2) is 11.0 Å². The van der Waals surface area contributed by atoms with Gasteiger partial charge in [-0.3, -0.25) is 0 Å². The minimum atomic E-state index is -0.298. The summed E-state index contributed by atoms with van der Waals surface area (Å²) < 4.78 is 5.02. The van der Waals surface area contributed by atoms with Crippen molar-refractivity contribution in [2.24, 2.45) is 0 Å². The van der Waals surface area contributed by atoms with Crippen LogP contribution in [0, 0.1) is 0 Å². The maximum absolute atomic E-state index is 4.37. The molecule has 2 aromatic heterocycles. The van der Waals surface area contributed by atoms with Crippen molar-refractivity contribution >= 4 is 49.1 Å². The summed E-state index contributed by atoms with van der Waals surface area (Å²) in [6, 6.07) is 28.9. The van der Waals surface area contributed by atoms with E-state index < -0.39 is 0 Å². The molecule has 3 heterocycles. The highest BCUT2D eigenvalue weighted by molar-refractivity contribution is 6.19. The summed E-state index contributed by atoms with van der Waals surface area (Å²) in [7, 11) is 0. The number of para-hydroxylation sites is 3. The van der Waals surface area contributed by atoms with Gasteiger partial charge in [-0.25, -0.2) is 4.57 Å². The average Bonchev–Trinajstić information content (AvgIpc) is 3.17. The Hall–Kier alpha value is -3.65. The molecule has 0 saturated heterocycles. The van der Waals surface area contributed by atoms with Crippen molar-refractivity contribution in [1.82, 2.24) is 4.40 Å². The zero-order chi connectivity index (χ0) is 21.8. The van der Waals surface area contributed by atoms with E-state index in [-0.39, 0.29) is 11.0 Å². The first-order chi connectivity index (χ1) is 15.5. The Labute approximate surface area is 187 Å². The highest BCUT2D eigenvalue weighted by atomic mass is 15.2. The molecule has 0 saturated carbocycles. The fourth-order valence-electron chi connectivity index (χ4n) is 6.33. The molecule has 2 heteroatoms. The zero-order valence-electron chi connectivity index (χ0n) is 18.7. The van der Waals surface area contributed by atoms with Gasteiger partial charge < -0.3 is 0 Å². The van der Waals surface area contributed by atoms with Gasteiger partial charge >= 0.3 is 0 Å². The normalized spacial score (nSPS) is 19.6. The summed E-state index contributed by atoms with van der Waals surface area (Å²) in [5.74, 6) is 0. The highest BCUT2D eigenvalue weighted by Crippen LogP contribution is 2.51. The van der Waals surface area contributed by atoms with Gasteiger partial charge in [-0.1, -0.05) is 75.0 Å². The molecular weight excluding hydrogens is 388 g/mol. The molecule has 154 valence electrons. The van der Waals surface area contributed by atoms with Crippen LogP contribution < -0.4 is 4.57 Å². The third kappa shape index (κ3) is 1.79. The van der Waals surface area contributed by atoms with Crippen LogP contribution in [0.5, 0.6) is 0 Å². The first-order valence-corrected chi connectivity index (χ1v) is 11.3. The molecule has 1 atom stereocenters. The van der Waals surface area contributed by atoms with Crippen LogP contribution in [0.3, 0.4) is 0 Å². The molecule has 7 rings (SSSR count). The molecule has 2 nitrogen and oxygen atoms in total. The van der Waals surface area contributed by atoms with Crippen molar-refractivity contribution in [2.45, 2.75) is 31.7 Å². The number of pyridine rings is 1. The Morgan fingerprint density at radius 2 is 1.44 bits per heavy atom. The van der Waals surface area contributed by atoms with Gasteiger partial charge in [0.1, 0.15) is 11.1 Å². The van der Waals surface area contributed by atoms with E-state index >= 15 is 0 Å². The maximum Gasteiger partial charge on any atom is 0.296 e. The molecule has 1 aliphatic heterocycles. The van der Waals surface area contributed by atoms with E-state index in [1.54, 1.807) is 0 Å². The van der Waals surface area contributed by atoms with E-state index in [9.17, 15) is 0 Å². The minimum absolute atomic E-state index is 0.168. The minimum Gasteiger partial charge on any atom is -0.213 e. The Morgan fingerprint density at radius 1 is 0.781 bits per heavy atom. The number of hydrogen-bond donors (Lipinski definition) is 0. The van der Waals surface area contributed by atoms with Gasteiger partial charge in [-0.05, 0) is 53.6 Å². The van der Waals surface area contributed by atoms with Crippen molar-refractivity contribution in [3.8, 4) is 0 Å². The third-order valence-corrected chi connectivity index (χ3v) is 8.25. The lowest BCUT2D eigenvalue weighted by atomic mass is 9.64. The van der Waals surface area contributed by atoms with Crippen LogP contribution in [0.25, 0.3) is 49.1 Å². The SMILES string of the molecule is C=CC1(C)[n+]2c3ccccc3n3c4ccccc4c4cc5ccccc5c(c4c32)C1(C)C. The molecule has 32 heavy (non-hydrogen) atoms. The van der Waals surface area contributed by atoms with Gasteiger partial charge in [-0.2, -0.15) is 4.40 Å². The molecule has 6 aromatic rings. The van der Waals surface area contributed by atoms with Crippen LogP contribution in [0.15, 0.2) is 91.5 Å². The molecule has 1 aliphatic rings. The maximum atomic E-state index is 4.37. The molecule has 0 spiro atoms. The van der Waals surface area contributed by atoms with E-state index in [1.165, 1.54) is 54.7 Å². The number of hydrogen-bond acceptors (Lipinski definition) is 0. The van der Waals surface area contributed by atoms with Gasteiger partial charge in [0.2, 0.25) is 0 Å². The Balaban J connectivity index is 1.99. The van der Waals surface area contributed by atoms with Gasteiger partial charge in [0.25, 0.3) is 5.65 Å². The summed E-state index contributed by atoms with van der Waals surface area (Å²) in [6.45, 7) is 11.5. The standard InChI is InChI=1S/C30H25N2/c1-5-30(4)29(2,3)27-20-13-7-6-12-19(20)18-22-21-14-8-9-15-23(21)31-24-16-10-11-17-25(24)32(30)28(31)26(22)27/h5-18H,1H2,2-4H3/q+1. The Kier molecular flexibility index (Phi) is 3.13. The van der Waals surface area contributed by atoms with Crippen LogP contribution in [0.4, 0.5) is 0 Å². The fourth-order valence-corrected chi connectivity index (χ4v) is 6.33. The highest BCUT2D eigenvalue weighted by Gasteiger charge is 2.53. The van der Waals surface area contributed by atoms with Gasteiger partial charge in [0.05, 0.1) is 5.39 Å². The van der Waals surface area contributed by atoms with Crippen molar-refractivity contribution in [2.75, 3.05) is 0 Å². The average molecular weight is 414 g/mol. The van der Waals surface area contributed by atoms with Crippen LogP contribution in [-0.2, 0) is 11.0 Å². The largest absolute Gasteiger partial charge is 0.296 e. The predicted octanol–water partition coefficient (Wildman–Crippen LogP) is 7.03. The molecule has 0 radical (unpaired) electrons. The molecule has 4 aromatic carbocycles. The van der Waals surface area contributed by atoms with Crippen molar-refractivity contribution in [1.29, 1.82) is 0 Å². The molecule has 0 fully saturated rings. The van der Waals surface area contributed by atoms with E-state index in [2.05, 4.69) is 121 Å². The first-order valence-electron chi connectivity index (χ1n) is 11.3. The molecule has 0 amide bonds. The smallest absolute Gasteiger partial charge is 0.213 e. The van der Waals surface area contributed by atoms with Crippen molar-refractivity contribution in [3.05, 3.63) is 97.1 Å². The molecular formula is C30H25N2+. The van der Waals surface area contributed by atoms with E-state index in [0.29, 0.717) is 0 Å². The zero-order valence-corrected chi connectivity index (χ0v) is 18.7.